The van der Waals surface area contributed by atoms with Crippen molar-refractivity contribution in [3.63, 3.8) is 0 Å². The fraction of sp³-hybridized carbons (Fsp3) is 0.357. The highest BCUT2D eigenvalue weighted by Gasteiger charge is 2.16. The van der Waals surface area contributed by atoms with Gasteiger partial charge in [-0.25, -0.2) is 0 Å². The molecule has 0 fully saturated rings. The molecule has 0 unspecified atom stereocenters. The Kier molecular flexibility index (Phi) is 5.55. The monoisotopic (exact) mass is 259 g/mol. The third kappa shape index (κ3) is 4.43. The molecule has 2 N–H and O–H groups in total. The summed E-state index contributed by atoms with van der Waals surface area (Å²) < 4.78 is 0. The van der Waals surface area contributed by atoms with E-state index in [0.29, 0.717) is 17.7 Å². The summed E-state index contributed by atoms with van der Waals surface area (Å²) in [5, 5.41) is 14.1. The van der Waals surface area contributed by atoms with Gasteiger partial charge in [-0.05, 0) is 31.5 Å². The highest BCUT2D eigenvalue weighted by Crippen LogP contribution is 2.04. The van der Waals surface area contributed by atoms with E-state index in [-0.39, 0.29) is 11.8 Å². The van der Waals surface area contributed by atoms with Crippen LogP contribution in [0.2, 0.25) is 0 Å². The lowest BCUT2D eigenvalue weighted by Gasteiger charge is -2.13. The molecular weight excluding hydrogens is 242 g/mol. The van der Waals surface area contributed by atoms with E-state index in [9.17, 15) is 9.59 Å². The van der Waals surface area contributed by atoms with E-state index in [1.54, 1.807) is 25.1 Å². The van der Waals surface area contributed by atoms with Gasteiger partial charge >= 0.3 is 0 Å². The first-order chi connectivity index (χ1) is 9.08. The predicted octanol–water partition coefficient (Wildman–Crippen LogP) is 1.20. The molecule has 0 bridgehead atoms. The molecule has 0 aliphatic heterocycles. The molecule has 0 aromatic heterocycles. The molecule has 1 rings (SSSR count). The maximum atomic E-state index is 11.9. The minimum absolute atomic E-state index is 0.216. The third-order valence-electron chi connectivity index (χ3n) is 2.54. The minimum Gasteiger partial charge on any atom is -0.354 e. The van der Waals surface area contributed by atoms with Crippen molar-refractivity contribution in [1.82, 2.24) is 10.6 Å². The van der Waals surface area contributed by atoms with Crippen molar-refractivity contribution < 1.29 is 9.59 Å². The maximum Gasteiger partial charge on any atom is 0.251 e. The van der Waals surface area contributed by atoms with Gasteiger partial charge in [0.2, 0.25) is 5.91 Å². The summed E-state index contributed by atoms with van der Waals surface area (Å²) in [6.45, 7) is 4.16. The van der Waals surface area contributed by atoms with E-state index in [2.05, 4.69) is 10.6 Å². The standard InChI is InChI=1S/C14H17N3O2/c1-3-7-16-13(18)10(2)17-14(19)12-6-4-5-11(8-12)9-15/h4-6,8,10H,3,7H2,1-2H3,(H,16,18)(H,17,19)/t10-/m1/s1. The van der Waals surface area contributed by atoms with Crippen molar-refractivity contribution in [2.45, 2.75) is 26.3 Å². The molecule has 5 heteroatoms. The number of nitriles is 1. The lowest BCUT2D eigenvalue weighted by Crippen LogP contribution is -2.45. The van der Waals surface area contributed by atoms with E-state index in [1.807, 2.05) is 13.0 Å². The highest BCUT2D eigenvalue weighted by atomic mass is 16.2. The molecule has 1 aromatic carbocycles. The first-order valence-corrected chi connectivity index (χ1v) is 6.17. The summed E-state index contributed by atoms with van der Waals surface area (Å²) in [5.74, 6) is -0.581. The average molecular weight is 259 g/mol. The van der Waals surface area contributed by atoms with Crippen LogP contribution in [-0.4, -0.2) is 24.4 Å². The smallest absolute Gasteiger partial charge is 0.251 e. The second-order valence-corrected chi connectivity index (χ2v) is 4.18. The number of benzene rings is 1. The molecule has 1 atom stereocenters. The highest BCUT2D eigenvalue weighted by molar-refractivity contribution is 5.97. The molecule has 0 radical (unpaired) electrons. The minimum atomic E-state index is -0.607. The molecule has 0 aliphatic rings. The van der Waals surface area contributed by atoms with Gasteiger partial charge in [0.25, 0.3) is 5.91 Å². The molecule has 0 heterocycles. The van der Waals surface area contributed by atoms with Crippen LogP contribution in [0.5, 0.6) is 0 Å². The van der Waals surface area contributed by atoms with E-state index < -0.39 is 6.04 Å². The van der Waals surface area contributed by atoms with Gasteiger partial charge in [0.15, 0.2) is 0 Å². The SMILES string of the molecule is CCCNC(=O)[C@@H](C)NC(=O)c1cccc(C#N)c1. The largest absolute Gasteiger partial charge is 0.354 e. The van der Waals surface area contributed by atoms with Crippen LogP contribution in [0.3, 0.4) is 0 Å². The number of nitrogens with one attached hydrogen (secondary N) is 2. The van der Waals surface area contributed by atoms with Crippen LogP contribution >= 0.6 is 0 Å². The average Bonchev–Trinajstić information content (AvgIpc) is 2.44. The zero-order valence-corrected chi connectivity index (χ0v) is 11.1. The van der Waals surface area contributed by atoms with E-state index in [0.717, 1.165) is 6.42 Å². The Bertz CT molecular complexity index is 506. The van der Waals surface area contributed by atoms with Gasteiger partial charge in [0.05, 0.1) is 11.6 Å². The summed E-state index contributed by atoms with van der Waals surface area (Å²) in [7, 11) is 0. The van der Waals surface area contributed by atoms with Crippen molar-refractivity contribution in [2.24, 2.45) is 0 Å². The van der Waals surface area contributed by atoms with Crippen LogP contribution in [0.4, 0.5) is 0 Å². The van der Waals surface area contributed by atoms with E-state index in [1.165, 1.54) is 6.07 Å². The van der Waals surface area contributed by atoms with Crippen LogP contribution < -0.4 is 10.6 Å². The molecule has 0 spiro atoms. The van der Waals surface area contributed by atoms with Crippen LogP contribution in [0.1, 0.15) is 36.2 Å². The lowest BCUT2D eigenvalue weighted by atomic mass is 10.1. The number of carbonyl (C=O) groups is 2. The zero-order chi connectivity index (χ0) is 14.3. The summed E-state index contributed by atoms with van der Waals surface area (Å²) in [6, 6.07) is 7.71. The molecule has 2 amide bonds. The van der Waals surface area contributed by atoms with Crippen molar-refractivity contribution in [1.29, 1.82) is 5.26 Å². The Morgan fingerprint density at radius 2 is 2.16 bits per heavy atom. The van der Waals surface area contributed by atoms with Crippen LogP contribution in [-0.2, 0) is 4.79 Å². The number of rotatable bonds is 5. The van der Waals surface area contributed by atoms with Gasteiger partial charge in [0.1, 0.15) is 6.04 Å². The number of amides is 2. The van der Waals surface area contributed by atoms with Crippen molar-refractivity contribution in [3.8, 4) is 6.07 Å². The third-order valence-corrected chi connectivity index (χ3v) is 2.54. The van der Waals surface area contributed by atoms with Gasteiger partial charge in [-0.2, -0.15) is 5.26 Å². The van der Waals surface area contributed by atoms with Gasteiger partial charge < -0.3 is 10.6 Å². The topological polar surface area (TPSA) is 82.0 Å². The van der Waals surface area contributed by atoms with Gasteiger partial charge in [0, 0.05) is 12.1 Å². The Morgan fingerprint density at radius 3 is 2.79 bits per heavy atom. The molecule has 19 heavy (non-hydrogen) atoms. The van der Waals surface area contributed by atoms with Crippen molar-refractivity contribution in [3.05, 3.63) is 35.4 Å². The quantitative estimate of drug-likeness (QED) is 0.833. The predicted molar refractivity (Wildman–Crippen MR) is 71.4 cm³/mol. The van der Waals surface area contributed by atoms with Crippen LogP contribution in [0.25, 0.3) is 0 Å². The molecule has 0 saturated heterocycles. The normalized spacial score (nSPS) is 11.2. The molecule has 100 valence electrons. The fourth-order valence-corrected chi connectivity index (χ4v) is 1.48. The molecule has 5 nitrogen and oxygen atoms in total. The second kappa shape index (κ2) is 7.17. The summed E-state index contributed by atoms with van der Waals surface area (Å²) in [6.07, 6.45) is 0.844. The molecule has 0 aliphatic carbocycles. The first kappa shape index (κ1) is 14.7. The van der Waals surface area contributed by atoms with E-state index >= 15 is 0 Å². The van der Waals surface area contributed by atoms with Gasteiger partial charge in [-0.3, -0.25) is 9.59 Å². The molecular formula is C14H17N3O2. The van der Waals surface area contributed by atoms with Crippen molar-refractivity contribution >= 4 is 11.8 Å². The van der Waals surface area contributed by atoms with Crippen molar-refractivity contribution in [2.75, 3.05) is 6.54 Å². The number of hydrogen-bond donors (Lipinski definition) is 2. The first-order valence-electron chi connectivity index (χ1n) is 6.17. The Balaban J connectivity index is 2.64. The summed E-state index contributed by atoms with van der Waals surface area (Å²) in [4.78, 5) is 23.5. The van der Waals surface area contributed by atoms with Gasteiger partial charge in [-0.1, -0.05) is 13.0 Å². The summed E-state index contributed by atoms with van der Waals surface area (Å²) >= 11 is 0. The number of hydrogen-bond acceptors (Lipinski definition) is 3. The number of nitrogens with zero attached hydrogens (tertiary/aromatic N) is 1. The van der Waals surface area contributed by atoms with Crippen LogP contribution in [0.15, 0.2) is 24.3 Å². The Morgan fingerprint density at radius 1 is 1.42 bits per heavy atom. The summed E-state index contributed by atoms with van der Waals surface area (Å²) in [5.41, 5.74) is 0.782. The Hall–Kier alpha value is -2.35. The maximum absolute atomic E-state index is 11.9. The molecule has 0 saturated carbocycles. The number of carbonyl (C=O) groups excluding carboxylic acids is 2. The van der Waals surface area contributed by atoms with Gasteiger partial charge in [-0.15, -0.1) is 0 Å². The fourth-order valence-electron chi connectivity index (χ4n) is 1.48. The van der Waals surface area contributed by atoms with E-state index in [4.69, 9.17) is 5.26 Å². The molecule has 1 aromatic rings. The lowest BCUT2D eigenvalue weighted by molar-refractivity contribution is -0.122. The Labute approximate surface area is 112 Å². The van der Waals surface area contributed by atoms with Crippen LogP contribution in [0, 0.1) is 11.3 Å². The zero-order valence-electron chi connectivity index (χ0n) is 11.1. The second-order valence-electron chi connectivity index (χ2n) is 4.18.